The molecule has 1 atom stereocenters. The molecule has 4 rings (SSSR count). The van der Waals surface area contributed by atoms with Crippen LogP contribution in [0.4, 0.5) is 5.69 Å². The Labute approximate surface area is 183 Å². The van der Waals surface area contributed by atoms with Crippen molar-refractivity contribution in [3.63, 3.8) is 0 Å². The lowest BCUT2D eigenvalue weighted by molar-refractivity contribution is -0.119. The smallest absolute Gasteiger partial charge is 0.251 e. The number of rotatable bonds is 6. The lowest BCUT2D eigenvalue weighted by atomic mass is 10.00. The molecule has 3 aromatic carbocycles. The number of carbonyl (C=O) groups excluding carboxylic acids is 1. The number of benzodiazepines with no additional fused rings is 1. The number of halogens is 1. The summed E-state index contributed by atoms with van der Waals surface area (Å²) in [5.41, 5.74) is 4.83. The molecule has 30 heavy (non-hydrogen) atoms. The average molecular weight is 417 g/mol. The zero-order chi connectivity index (χ0) is 20.9. The van der Waals surface area contributed by atoms with E-state index in [0.717, 1.165) is 41.8 Å². The first kappa shape index (κ1) is 20.4. The molecule has 152 valence electrons. The summed E-state index contributed by atoms with van der Waals surface area (Å²) < 4.78 is 0. The zero-order valence-corrected chi connectivity index (χ0v) is 17.8. The highest BCUT2D eigenvalue weighted by Crippen LogP contribution is 2.32. The minimum Gasteiger partial charge on any atom is -0.310 e. The Morgan fingerprint density at radius 3 is 2.37 bits per heavy atom. The number of fused-ring (bicyclic) bond motifs is 1. The highest BCUT2D eigenvalue weighted by Gasteiger charge is 2.31. The number of nitrogens with zero attached hydrogens (tertiary/aromatic N) is 2. The fraction of sp³-hybridized carbons (Fsp3) is 0.231. The van der Waals surface area contributed by atoms with Crippen molar-refractivity contribution in [2.24, 2.45) is 4.99 Å². The van der Waals surface area contributed by atoms with Crippen molar-refractivity contribution in [3.05, 3.63) is 101 Å². The van der Waals surface area contributed by atoms with E-state index in [4.69, 9.17) is 16.6 Å². The van der Waals surface area contributed by atoms with Crippen LogP contribution in [0.2, 0.25) is 5.02 Å². The van der Waals surface area contributed by atoms with Crippen molar-refractivity contribution < 1.29 is 4.79 Å². The van der Waals surface area contributed by atoms with Gasteiger partial charge in [0.25, 0.3) is 5.91 Å². The van der Waals surface area contributed by atoms with E-state index in [1.807, 2.05) is 71.6 Å². The van der Waals surface area contributed by atoms with Crippen molar-refractivity contribution >= 4 is 28.9 Å². The van der Waals surface area contributed by atoms with Crippen molar-refractivity contribution in [1.29, 1.82) is 0 Å². The fourth-order valence-corrected chi connectivity index (χ4v) is 4.09. The van der Waals surface area contributed by atoms with Gasteiger partial charge in [0.05, 0.1) is 11.4 Å². The van der Waals surface area contributed by atoms with Gasteiger partial charge < -0.3 is 4.90 Å². The minimum atomic E-state index is -0.396. The minimum absolute atomic E-state index is 0.0577. The van der Waals surface area contributed by atoms with Crippen LogP contribution in [0, 0.1) is 0 Å². The van der Waals surface area contributed by atoms with E-state index in [1.165, 1.54) is 5.56 Å². The Kier molecular flexibility index (Phi) is 6.29. The molecule has 0 radical (unpaired) electrons. The van der Waals surface area contributed by atoms with E-state index < -0.39 is 6.04 Å². The van der Waals surface area contributed by atoms with E-state index in [2.05, 4.69) is 19.1 Å². The summed E-state index contributed by atoms with van der Waals surface area (Å²) >= 11 is 6.38. The fourth-order valence-electron chi connectivity index (χ4n) is 3.92. The first-order valence-corrected chi connectivity index (χ1v) is 10.8. The molecule has 1 unspecified atom stereocenters. The number of benzene rings is 3. The molecule has 4 heteroatoms. The molecule has 1 aliphatic heterocycles. The molecule has 0 N–H and O–H groups in total. The predicted molar refractivity (Wildman–Crippen MR) is 125 cm³/mol. The van der Waals surface area contributed by atoms with Gasteiger partial charge in [-0.3, -0.25) is 9.79 Å². The maximum atomic E-state index is 13.6. The van der Waals surface area contributed by atoms with Crippen molar-refractivity contribution in [2.75, 3.05) is 11.4 Å². The normalized spacial score (nSPS) is 16.1. The topological polar surface area (TPSA) is 32.7 Å². The first-order valence-electron chi connectivity index (χ1n) is 10.5. The lowest BCUT2D eigenvalue weighted by Crippen LogP contribution is -2.39. The van der Waals surface area contributed by atoms with Crippen LogP contribution in [0.3, 0.4) is 0 Å². The largest absolute Gasteiger partial charge is 0.310 e. The van der Waals surface area contributed by atoms with E-state index in [-0.39, 0.29) is 5.91 Å². The van der Waals surface area contributed by atoms with Crippen LogP contribution in [0.15, 0.2) is 83.9 Å². The van der Waals surface area contributed by atoms with Crippen LogP contribution < -0.4 is 4.90 Å². The van der Waals surface area contributed by atoms with E-state index >= 15 is 0 Å². The van der Waals surface area contributed by atoms with Gasteiger partial charge in [0.15, 0.2) is 0 Å². The van der Waals surface area contributed by atoms with Gasteiger partial charge in [-0.05, 0) is 36.6 Å². The third-order valence-corrected chi connectivity index (χ3v) is 5.65. The third kappa shape index (κ3) is 4.31. The van der Waals surface area contributed by atoms with Crippen LogP contribution in [-0.4, -0.2) is 24.2 Å². The zero-order valence-electron chi connectivity index (χ0n) is 17.1. The quantitative estimate of drug-likeness (QED) is 0.489. The standard InChI is InChI=1S/C26H25ClN2O/c1-2-9-23-26(30)29(17-16-19-10-5-3-6-11-19)24-15-14-21(27)18-22(24)25(28-23)20-12-7-4-8-13-20/h3-8,10-15,18,23H,2,9,16-17H2,1H3. The third-order valence-electron chi connectivity index (χ3n) is 5.42. The van der Waals surface area contributed by atoms with Gasteiger partial charge in [-0.15, -0.1) is 0 Å². The van der Waals surface area contributed by atoms with Gasteiger partial charge in [0.1, 0.15) is 6.04 Å². The summed E-state index contributed by atoms with van der Waals surface area (Å²) in [5, 5.41) is 0.641. The second kappa shape index (κ2) is 9.27. The first-order chi connectivity index (χ1) is 14.7. The van der Waals surface area contributed by atoms with Gasteiger partial charge in [-0.1, -0.05) is 85.6 Å². The summed E-state index contributed by atoms with van der Waals surface area (Å²) in [6.45, 7) is 2.70. The van der Waals surface area contributed by atoms with Gasteiger partial charge in [0, 0.05) is 22.7 Å². The number of aliphatic imine (C=N–C) groups is 1. The molecule has 0 aromatic heterocycles. The molecule has 1 aliphatic rings. The van der Waals surface area contributed by atoms with Crippen LogP contribution in [0.5, 0.6) is 0 Å². The van der Waals surface area contributed by atoms with Crippen molar-refractivity contribution in [3.8, 4) is 0 Å². The van der Waals surface area contributed by atoms with Crippen LogP contribution in [0.25, 0.3) is 0 Å². The second-order valence-corrected chi connectivity index (χ2v) is 7.97. The Hall–Kier alpha value is -2.91. The number of hydrogen-bond donors (Lipinski definition) is 0. The van der Waals surface area contributed by atoms with Crippen LogP contribution in [0.1, 0.15) is 36.5 Å². The Bertz CT molecular complexity index is 1050. The van der Waals surface area contributed by atoms with Crippen LogP contribution >= 0.6 is 11.6 Å². The van der Waals surface area contributed by atoms with Crippen molar-refractivity contribution in [2.45, 2.75) is 32.2 Å². The average Bonchev–Trinajstić information content (AvgIpc) is 2.89. The molecule has 0 fully saturated rings. The van der Waals surface area contributed by atoms with Gasteiger partial charge in [-0.2, -0.15) is 0 Å². The maximum absolute atomic E-state index is 13.6. The number of carbonyl (C=O) groups is 1. The Morgan fingerprint density at radius 1 is 0.967 bits per heavy atom. The summed E-state index contributed by atoms with van der Waals surface area (Å²) in [6, 6.07) is 25.7. The molecule has 1 heterocycles. The second-order valence-electron chi connectivity index (χ2n) is 7.54. The maximum Gasteiger partial charge on any atom is 0.251 e. The molecule has 0 saturated heterocycles. The van der Waals surface area contributed by atoms with Crippen LogP contribution in [-0.2, 0) is 11.2 Å². The van der Waals surface area contributed by atoms with E-state index in [0.29, 0.717) is 11.6 Å². The number of anilines is 1. The summed E-state index contributed by atoms with van der Waals surface area (Å²) in [5.74, 6) is 0.0577. The predicted octanol–water partition coefficient (Wildman–Crippen LogP) is 5.94. The van der Waals surface area contributed by atoms with E-state index in [9.17, 15) is 4.79 Å². The monoisotopic (exact) mass is 416 g/mol. The highest BCUT2D eigenvalue weighted by molar-refractivity contribution is 6.32. The summed E-state index contributed by atoms with van der Waals surface area (Å²) in [4.78, 5) is 20.4. The molecular formula is C26H25ClN2O. The van der Waals surface area contributed by atoms with Crippen molar-refractivity contribution in [1.82, 2.24) is 0 Å². The molecule has 0 aliphatic carbocycles. The molecular weight excluding hydrogens is 392 g/mol. The molecule has 0 spiro atoms. The number of amides is 1. The molecule has 3 nitrogen and oxygen atoms in total. The van der Waals surface area contributed by atoms with Gasteiger partial charge in [-0.25, -0.2) is 0 Å². The number of hydrogen-bond acceptors (Lipinski definition) is 2. The highest BCUT2D eigenvalue weighted by atomic mass is 35.5. The Morgan fingerprint density at radius 2 is 1.67 bits per heavy atom. The molecule has 1 amide bonds. The molecule has 0 saturated carbocycles. The molecule has 0 bridgehead atoms. The Balaban J connectivity index is 1.80. The molecule has 3 aromatic rings. The van der Waals surface area contributed by atoms with Gasteiger partial charge in [0.2, 0.25) is 0 Å². The summed E-state index contributed by atoms with van der Waals surface area (Å²) in [6.07, 6.45) is 2.40. The van der Waals surface area contributed by atoms with Gasteiger partial charge >= 0.3 is 0 Å². The van der Waals surface area contributed by atoms with E-state index in [1.54, 1.807) is 0 Å². The summed E-state index contributed by atoms with van der Waals surface area (Å²) in [7, 11) is 0. The SMILES string of the molecule is CCCC1N=C(c2ccccc2)c2cc(Cl)ccc2N(CCc2ccccc2)C1=O. The lowest BCUT2D eigenvalue weighted by Gasteiger charge is -2.25.